The zero-order chi connectivity index (χ0) is 22.8. The number of aromatic nitrogens is 2. The van der Waals surface area contributed by atoms with Crippen molar-refractivity contribution in [3.8, 4) is 11.5 Å². The summed E-state index contributed by atoms with van der Waals surface area (Å²) in [6, 6.07) is 9.62. The van der Waals surface area contributed by atoms with Crippen LogP contribution < -0.4 is 9.47 Å². The van der Waals surface area contributed by atoms with Crippen LogP contribution in [0.4, 0.5) is 0 Å². The molecule has 0 spiro atoms. The second-order valence-electron chi connectivity index (χ2n) is 7.94. The van der Waals surface area contributed by atoms with E-state index in [1.54, 1.807) is 24.0 Å². The van der Waals surface area contributed by atoms with Crippen molar-refractivity contribution in [2.75, 3.05) is 13.7 Å². The molecule has 1 N–H and O–H groups in total. The average Bonchev–Trinajstić information content (AvgIpc) is 3.37. The van der Waals surface area contributed by atoms with Crippen molar-refractivity contribution in [3.63, 3.8) is 0 Å². The summed E-state index contributed by atoms with van der Waals surface area (Å²) in [5, 5.41) is 16.4. The lowest BCUT2D eigenvalue weighted by molar-refractivity contribution is -0.129. The van der Waals surface area contributed by atoms with E-state index in [0.717, 1.165) is 15.8 Å². The average molecular weight is 501 g/mol. The van der Waals surface area contributed by atoms with E-state index in [9.17, 15) is 4.79 Å². The molecule has 3 aromatic rings. The third-order valence-corrected chi connectivity index (χ3v) is 6.43. The molecule has 4 rings (SSSR count). The number of rotatable bonds is 7. The molecule has 1 aliphatic heterocycles. The van der Waals surface area contributed by atoms with Crippen molar-refractivity contribution in [1.29, 1.82) is 0 Å². The molecule has 3 atom stereocenters. The van der Waals surface area contributed by atoms with Crippen molar-refractivity contribution in [2.45, 2.75) is 32.4 Å². The van der Waals surface area contributed by atoms with Crippen molar-refractivity contribution in [1.82, 2.24) is 14.5 Å². The molecular weight excluding hydrogens is 476 g/mol. The summed E-state index contributed by atoms with van der Waals surface area (Å²) in [5.74, 6) is 1.55. The van der Waals surface area contributed by atoms with Crippen LogP contribution in [0, 0.1) is 5.92 Å². The van der Waals surface area contributed by atoms with Gasteiger partial charge in [0.25, 0.3) is 0 Å². The first-order chi connectivity index (χ1) is 15.4. The van der Waals surface area contributed by atoms with Gasteiger partial charge in [0.1, 0.15) is 23.1 Å². The molecule has 0 aliphatic carbocycles. The van der Waals surface area contributed by atoms with Gasteiger partial charge in [-0.3, -0.25) is 4.79 Å². The number of benzene rings is 1. The molecule has 168 valence electrons. The number of likely N-dealkylation sites (tertiary alicyclic amines) is 1. The van der Waals surface area contributed by atoms with Gasteiger partial charge >= 0.3 is 0 Å². The van der Waals surface area contributed by atoms with Crippen LogP contribution in [-0.4, -0.2) is 51.6 Å². The Morgan fingerprint density at radius 1 is 1.31 bits per heavy atom. The molecular formula is C23H25BrN4O4. The molecule has 32 heavy (non-hydrogen) atoms. The van der Waals surface area contributed by atoms with Gasteiger partial charge in [-0.1, -0.05) is 17.3 Å². The largest absolute Gasteiger partial charge is 0.497 e. The molecule has 1 aromatic carbocycles. The number of carbonyl (C=O) groups is 1. The number of halogens is 1. The number of carbonyl (C=O) groups excluding carboxylic acids is 1. The summed E-state index contributed by atoms with van der Waals surface area (Å²) >= 11 is 3.48. The number of hydrogen-bond acceptors (Lipinski definition) is 6. The van der Waals surface area contributed by atoms with E-state index in [2.05, 4.69) is 26.2 Å². The van der Waals surface area contributed by atoms with E-state index in [1.807, 2.05) is 49.1 Å². The molecule has 1 unspecified atom stereocenters. The Labute approximate surface area is 194 Å². The SMILES string of the molecule is COc1ccc([C@@H](C)N2CC([C@@H](C)Oc3cc(Br)cn4ncc(C=NO)c34)CC2=O)cc1. The van der Waals surface area contributed by atoms with Crippen LogP contribution in [0.25, 0.3) is 5.52 Å². The number of amides is 1. The van der Waals surface area contributed by atoms with Gasteiger partial charge in [-0.25, -0.2) is 4.52 Å². The van der Waals surface area contributed by atoms with Gasteiger partial charge in [-0.2, -0.15) is 5.10 Å². The van der Waals surface area contributed by atoms with E-state index in [1.165, 1.54) is 6.21 Å². The highest BCUT2D eigenvalue weighted by molar-refractivity contribution is 9.10. The maximum Gasteiger partial charge on any atom is 0.223 e. The first-order valence-corrected chi connectivity index (χ1v) is 11.1. The summed E-state index contributed by atoms with van der Waals surface area (Å²) in [7, 11) is 1.64. The molecule has 1 aliphatic rings. The third-order valence-electron chi connectivity index (χ3n) is 6.00. The van der Waals surface area contributed by atoms with Gasteiger partial charge in [0, 0.05) is 35.1 Å². The first-order valence-electron chi connectivity index (χ1n) is 10.4. The van der Waals surface area contributed by atoms with Gasteiger partial charge in [0.2, 0.25) is 5.91 Å². The Morgan fingerprint density at radius 2 is 2.06 bits per heavy atom. The van der Waals surface area contributed by atoms with E-state index in [-0.39, 0.29) is 24.0 Å². The zero-order valence-electron chi connectivity index (χ0n) is 18.1. The minimum atomic E-state index is -0.209. The van der Waals surface area contributed by atoms with Crippen LogP contribution in [0.1, 0.15) is 37.4 Å². The fraction of sp³-hybridized carbons (Fsp3) is 0.348. The van der Waals surface area contributed by atoms with Crippen LogP contribution in [0.5, 0.6) is 11.5 Å². The van der Waals surface area contributed by atoms with Gasteiger partial charge in [0.15, 0.2) is 0 Å². The lowest BCUT2D eigenvalue weighted by atomic mass is 10.0. The number of pyridine rings is 1. The summed E-state index contributed by atoms with van der Waals surface area (Å²) < 4.78 is 14.0. The van der Waals surface area contributed by atoms with Crippen LogP contribution in [-0.2, 0) is 4.79 Å². The fourth-order valence-corrected chi connectivity index (χ4v) is 4.53. The molecule has 1 saturated heterocycles. The van der Waals surface area contributed by atoms with E-state index in [4.69, 9.17) is 14.7 Å². The van der Waals surface area contributed by atoms with Crippen molar-refractivity contribution in [3.05, 3.63) is 58.3 Å². The lowest BCUT2D eigenvalue weighted by Crippen LogP contribution is -2.31. The smallest absolute Gasteiger partial charge is 0.223 e. The number of nitrogens with zero attached hydrogens (tertiary/aromatic N) is 4. The summed E-state index contributed by atoms with van der Waals surface area (Å²) in [5.41, 5.74) is 2.40. The Balaban J connectivity index is 1.52. The Kier molecular flexibility index (Phi) is 6.36. The van der Waals surface area contributed by atoms with Crippen LogP contribution in [0.3, 0.4) is 0 Å². The Morgan fingerprint density at radius 3 is 2.75 bits per heavy atom. The van der Waals surface area contributed by atoms with E-state index in [0.29, 0.717) is 29.8 Å². The minimum Gasteiger partial charge on any atom is -0.497 e. The molecule has 2 aromatic heterocycles. The predicted octanol–water partition coefficient (Wildman–Crippen LogP) is 4.29. The molecule has 0 radical (unpaired) electrons. The minimum absolute atomic E-state index is 0.0367. The topological polar surface area (TPSA) is 88.7 Å². The molecule has 1 fully saturated rings. The number of oxime groups is 1. The molecule has 0 saturated carbocycles. The maximum absolute atomic E-state index is 12.8. The second kappa shape index (κ2) is 9.20. The molecule has 8 nitrogen and oxygen atoms in total. The van der Waals surface area contributed by atoms with Crippen LogP contribution in [0.15, 0.2) is 52.4 Å². The molecule has 0 bridgehead atoms. The van der Waals surface area contributed by atoms with Crippen LogP contribution >= 0.6 is 15.9 Å². The number of methoxy groups -OCH3 is 1. The quantitative estimate of drug-likeness (QED) is 0.297. The fourth-order valence-electron chi connectivity index (χ4n) is 4.13. The summed E-state index contributed by atoms with van der Waals surface area (Å²) in [6.45, 7) is 4.63. The van der Waals surface area contributed by atoms with Gasteiger partial charge < -0.3 is 19.6 Å². The van der Waals surface area contributed by atoms with Gasteiger partial charge in [-0.05, 0) is 53.5 Å². The van der Waals surface area contributed by atoms with Gasteiger partial charge in [-0.15, -0.1) is 0 Å². The van der Waals surface area contributed by atoms with Gasteiger partial charge in [0.05, 0.1) is 25.6 Å². The van der Waals surface area contributed by atoms with Crippen LogP contribution in [0.2, 0.25) is 0 Å². The first kappa shape index (κ1) is 22.1. The number of fused-ring (bicyclic) bond motifs is 1. The maximum atomic E-state index is 12.8. The summed E-state index contributed by atoms with van der Waals surface area (Å²) in [6.07, 6.45) is 4.95. The predicted molar refractivity (Wildman–Crippen MR) is 124 cm³/mol. The van der Waals surface area contributed by atoms with Crippen molar-refractivity contribution < 1.29 is 19.5 Å². The van der Waals surface area contributed by atoms with E-state index >= 15 is 0 Å². The summed E-state index contributed by atoms with van der Waals surface area (Å²) in [4.78, 5) is 14.7. The molecule has 1 amide bonds. The third kappa shape index (κ3) is 4.29. The molecule has 9 heteroatoms. The number of hydrogen-bond donors (Lipinski definition) is 1. The highest BCUT2D eigenvalue weighted by Gasteiger charge is 2.37. The lowest BCUT2D eigenvalue weighted by Gasteiger charge is -2.27. The standard InChI is InChI=1S/C23H25BrN4O4/c1-14(16-4-6-20(31-3)7-5-16)27-12-17(8-22(27)29)15(2)32-21-9-19(24)13-28-23(21)18(10-25-28)11-26-30/h4-7,9-11,13-15,17,30H,8,12H2,1-3H3/t14-,15-,17?/m1/s1. The highest BCUT2D eigenvalue weighted by atomic mass is 79.9. The van der Waals surface area contributed by atoms with Crippen molar-refractivity contribution in [2.24, 2.45) is 11.1 Å². The zero-order valence-corrected chi connectivity index (χ0v) is 19.7. The molecule has 3 heterocycles. The Hall–Kier alpha value is -3.07. The highest BCUT2D eigenvalue weighted by Crippen LogP contribution is 2.34. The Bertz CT molecular complexity index is 1140. The van der Waals surface area contributed by atoms with Crippen molar-refractivity contribution >= 4 is 33.6 Å². The van der Waals surface area contributed by atoms with E-state index < -0.39 is 0 Å². The monoisotopic (exact) mass is 500 g/mol. The normalized spacial score (nSPS) is 18.4. The number of ether oxygens (including phenoxy) is 2. The second-order valence-corrected chi connectivity index (χ2v) is 8.86.